The topological polar surface area (TPSA) is 67.5 Å². The van der Waals surface area contributed by atoms with Gasteiger partial charge in [-0.1, -0.05) is 19.1 Å². The van der Waals surface area contributed by atoms with Crippen LogP contribution in [0.1, 0.15) is 33.1 Å². The molecule has 0 saturated heterocycles. The molecule has 1 aliphatic carbocycles. The van der Waals surface area contributed by atoms with Crippen LogP contribution in [0.4, 0.5) is 4.79 Å². The highest BCUT2D eigenvalue weighted by Crippen LogP contribution is 2.33. The fourth-order valence-electron chi connectivity index (χ4n) is 1.57. The van der Waals surface area contributed by atoms with E-state index in [0.29, 0.717) is 0 Å². The molecule has 0 radical (unpaired) electrons. The molecule has 0 aromatic carbocycles. The van der Waals surface area contributed by atoms with Gasteiger partial charge in [0.05, 0.1) is 0 Å². The van der Waals surface area contributed by atoms with Crippen molar-refractivity contribution in [3.8, 4) is 0 Å². The number of nitrogens with one attached hydrogen (secondary N) is 1. The Kier molecular flexibility index (Phi) is 3.28. The number of primary amides is 1. The van der Waals surface area contributed by atoms with Crippen molar-refractivity contribution < 1.29 is 4.79 Å². The van der Waals surface area contributed by atoms with E-state index in [-0.39, 0.29) is 5.41 Å². The number of carbonyl (C=O) groups excluding carboxylic acids is 1. The van der Waals surface area contributed by atoms with Gasteiger partial charge in [0.2, 0.25) is 0 Å². The first-order chi connectivity index (χ1) is 6.54. The van der Waals surface area contributed by atoms with Crippen LogP contribution in [0.3, 0.4) is 0 Å². The zero-order valence-electron chi connectivity index (χ0n) is 8.71. The van der Waals surface area contributed by atoms with Gasteiger partial charge < -0.3 is 5.73 Å². The molecule has 14 heavy (non-hydrogen) atoms. The molecular formula is C10H17N3O. The van der Waals surface area contributed by atoms with Crippen LogP contribution in [0.5, 0.6) is 0 Å². The zero-order valence-corrected chi connectivity index (χ0v) is 8.71. The van der Waals surface area contributed by atoms with Gasteiger partial charge in [-0.15, -0.1) is 0 Å². The number of allylic oxidation sites excluding steroid dienone is 2. The minimum atomic E-state index is -0.612. The Hall–Kier alpha value is -1.32. The third-order valence-electron chi connectivity index (χ3n) is 2.81. The van der Waals surface area contributed by atoms with Crippen LogP contribution in [0, 0.1) is 5.41 Å². The number of nitrogens with two attached hydrogens (primary N) is 1. The molecule has 2 amide bonds. The SMILES string of the molecule is C/C(=N/NC(N)=O)C1(C)CC=CCC1. The molecule has 3 N–H and O–H groups in total. The largest absolute Gasteiger partial charge is 0.350 e. The van der Waals surface area contributed by atoms with Crippen LogP contribution in [0.15, 0.2) is 17.3 Å². The summed E-state index contributed by atoms with van der Waals surface area (Å²) in [5.41, 5.74) is 8.21. The second kappa shape index (κ2) is 4.26. The Labute approximate surface area is 84.2 Å². The van der Waals surface area contributed by atoms with E-state index in [1.807, 2.05) is 6.92 Å². The highest BCUT2D eigenvalue weighted by atomic mass is 16.2. The van der Waals surface area contributed by atoms with E-state index in [1.165, 1.54) is 0 Å². The molecule has 0 aromatic rings. The fourth-order valence-corrected chi connectivity index (χ4v) is 1.57. The molecular weight excluding hydrogens is 178 g/mol. The number of rotatable bonds is 2. The minimum Gasteiger partial charge on any atom is -0.350 e. The third-order valence-corrected chi connectivity index (χ3v) is 2.81. The maximum absolute atomic E-state index is 10.5. The quantitative estimate of drug-likeness (QED) is 0.393. The van der Waals surface area contributed by atoms with Gasteiger partial charge in [-0.3, -0.25) is 0 Å². The molecule has 4 heteroatoms. The highest BCUT2D eigenvalue weighted by molar-refractivity contribution is 5.89. The zero-order chi connectivity index (χ0) is 10.6. The predicted molar refractivity (Wildman–Crippen MR) is 56.9 cm³/mol. The summed E-state index contributed by atoms with van der Waals surface area (Å²) in [5, 5.41) is 3.98. The standard InChI is InChI=1S/C10H17N3O/c1-8(12-13-9(11)14)10(2)6-4-3-5-7-10/h3-4H,5-7H2,1-2H3,(H3,11,13,14)/b12-8-. The number of amides is 2. The Bertz CT molecular complexity index is 283. The predicted octanol–water partition coefficient (Wildman–Crippen LogP) is 1.78. The van der Waals surface area contributed by atoms with Gasteiger partial charge in [-0.05, 0) is 26.2 Å². The molecule has 0 heterocycles. The van der Waals surface area contributed by atoms with E-state index < -0.39 is 6.03 Å². The molecule has 0 aliphatic heterocycles. The van der Waals surface area contributed by atoms with E-state index in [0.717, 1.165) is 25.0 Å². The van der Waals surface area contributed by atoms with Gasteiger partial charge in [0, 0.05) is 11.1 Å². The van der Waals surface area contributed by atoms with Crippen molar-refractivity contribution in [2.45, 2.75) is 33.1 Å². The summed E-state index contributed by atoms with van der Waals surface area (Å²) < 4.78 is 0. The summed E-state index contributed by atoms with van der Waals surface area (Å²) in [6.45, 7) is 4.08. The molecule has 1 aliphatic rings. The van der Waals surface area contributed by atoms with Crippen molar-refractivity contribution in [3.63, 3.8) is 0 Å². The van der Waals surface area contributed by atoms with Crippen LogP contribution in [0.2, 0.25) is 0 Å². The van der Waals surface area contributed by atoms with E-state index >= 15 is 0 Å². The Morgan fingerprint density at radius 3 is 2.79 bits per heavy atom. The Morgan fingerprint density at radius 1 is 1.57 bits per heavy atom. The summed E-state index contributed by atoms with van der Waals surface area (Å²) in [6, 6.07) is -0.612. The summed E-state index contributed by atoms with van der Waals surface area (Å²) in [7, 11) is 0. The molecule has 0 saturated carbocycles. The summed E-state index contributed by atoms with van der Waals surface area (Å²) >= 11 is 0. The molecule has 0 aromatic heterocycles. The normalized spacial score (nSPS) is 27.4. The number of carbonyl (C=O) groups is 1. The average Bonchev–Trinajstić information content (AvgIpc) is 2.15. The van der Waals surface area contributed by atoms with Gasteiger partial charge in [0.15, 0.2) is 0 Å². The number of hydrazone groups is 1. The van der Waals surface area contributed by atoms with E-state index in [9.17, 15) is 4.79 Å². The molecule has 78 valence electrons. The van der Waals surface area contributed by atoms with E-state index in [2.05, 4.69) is 29.6 Å². The second-order valence-electron chi connectivity index (χ2n) is 3.95. The van der Waals surface area contributed by atoms with Crippen molar-refractivity contribution in [3.05, 3.63) is 12.2 Å². The highest BCUT2D eigenvalue weighted by Gasteiger charge is 2.27. The lowest BCUT2D eigenvalue weighted by Gasteiger charge is -2.30. The fraction of sp³-hybridized carbons (Fsp3) is 0.600. The first-order valence-corrected chi connectivity index (χ1v) is 4.80. The lowest BCUT2D eigenvalue weighted by atomic mass is 9.75. The summed E-state index contributed by atoms with van der Waals surface area (Å²) in [5.74, 6) is 0. The number of hydrogen-bond donors (Lipinski definition) is 2. The molecule has 1 atom stereocenters. The molecule has 1 unspecified atom stereocenters. The maximum Gasteiger partial charge on any atom is 0.332 e. The van der Waals surface area contributed by atoms with Crippen molar-refractivity contribution in [1.29, 1.82) is 0 Å². The first-order valence-electron chi connectivity index (χ1n) is 4.80. The molecule has 0 fully saturated rings. The van der Waals surface area contributed by atoms with Crippen molar-refractivity contribution >= 4 is 11.7 Å². The smallest absolute Gasteiger partial charge is 0.332 e. The van der Waals surface area contributed by atoms with E-state index in [1.54, 1.807) is 0 Å². The molecule has 1 rings (SSSR count). The number of hydrogen-bond acceptors (Lipinski definition) is 2. The van der Waals surface area contributed by atoms with Crippen LogP contribution < -0.4 is 11.2 Å². The molecule has 0 bridgehead atoms. The Balaban J connectivity index is 2.66. The number of nitrogens with zero attached hydrogens (tertiary/aromatic N) is 1. The average molecular weight is 195 g/mol. The van der Waals surface area contributed by atoms with Crippen molar-refractivity contribution in [1.82, 2.24) is 5.43 Å². The van der Waals surface area contributed by atoms with Crippen LogP contribution >= 0.6 is 0 Å². The van der Waals surface area contributed by atoms with Crippen LogP contribution in [-0.2, 0) is 0 Å². The molecule has 4 nitrogen and oxygen atoms in total. The summed E-state index contributed by atoms with van der Waals surface area (Å²) in [4.78, 5) is 10.5. The van der Waals surface area contributed by atoms with Gasteiger partial charge in [0.1, 0.15) is 0 Å². The number of urea groups is 1. The second-order valence-corrected chi connectivity index (χ2v) is 3.95. The first kappa shape index (κ1) is 10.8. The van der Waals surface area contributed by atoms with Crippen LogP contribution in [0.25, 0.3) is 0 Å². The van der Waals surface area contributed by atoms with Crippen molar-refractivity contribution in [2.24, 2.45) is 16.3 Å². The monoisotopic (exact) mass is 195 g/mol. The molecule has 0 spiro atoms. The maximum atomic E-state index is 10.5. The minimum absolute atomic E-state index is 0.0667. The van der Waals surface area contributed by atoms with Crippen molar-refractivity contribution in [2.75, 3.05) is 0 Å². The van der Waals surface area contributed by atoms with Gasteiger partial charge in [-0.25, -0.2) is 10.2 Å². The Morgan fingerprint density at radius 2 is 2.29 bits per heavy atom. The third kappa shape index (κ3) is 2.58. The van der Waals surface area contributed by atoms with Gasteiger partial charge in [-0.2, -0.15) is 5.10 Å². The van der Waals surface area contributed by atoms with Gasteiger partial charge in [0.25, 0.3) is 0 Å². The van der Waals surface area contributed by atoms with Gasteiger partial charge >= 0.3 is 6.03 Å². The summed E-state index contributed by atoms with van der Waals surface area (Å²) in [6.07, 6.45) is 7.45. The van der Waals surface area contributed by atoms with Crippen LogP contribution in [-0.4, -0.2) is 11.7 Å². The lowest BCUT2D eigenvalue weighted by molar-refractivity contribution is 0.249. The van der Waals surface area contributed by atoms with E-state index in [4.69, 9.17) is 5.73 Å². The lowest BCUT2D eigenvalue weighted by Crippen LogP contribution is -2.31.